The minimum atomic E-state index is -0.606. The van der Waals surface area contributed by atoms with Gasteiger partial charge in [-0.05, 0) is 40.8 Å². The third-order valence-electron chi connectivity index (χ3n) is 2.09. The van der Waals surface area contributed by atoms with Gasteiger partial charge >= 0.3 is 0 Å². The zero-order valence-corrected chi connectivity index (χ0v) is 12.6. The second kappa shape index (κ2) is 5.26. The molecule has 1 nitrogen and oxygen atoms in total. The van der Waals surface area contributed by atoms with E-state index in [1.165, 1.54) is 12.3 Å². The van der Waals surface area contributed by atoms with E-state index in [0.717, 1.165) is 3.57 Å². The van der Waals surface area contributed by atoms with Crippen LogP contribution in [0.3, 0.4) is 0 Å². The number of rotatable bonds is 1. The smallest absolute Gasteiger partial charge is 0.220 e. The zero-order chi connectivity index (χ0) is 12.6. The lowest BCUT2D eigenvalue weighted by Gasteiger charge is -2.08. The van der Waals surface area contributed by atoms with Gasteiger partial charge in [-0.3, -0.25) is 0 Å². The fourth-order valence-electron chi connectivity index (χ4n) is 1.36. The first-order chi connectivity index (χ1) is 7.99. The van der Waals surface area contributed by atoms with Gasteiger partial charge in [0, 0.05) is 25.9 Å². The highest BCUT2D eigenvalue weighted by molar-refractivity contribution is 14.1. The standard InChI is InChI=1S/C11H4Cl3FIN/c12-5-1-7(10(14)9(13)2-5)8-3-6(16)4-17-11(8)15/h1-4H. The number of halogens is 5. The molecular formula is C11H4Cl3FIN. The van der Waals surface area contributed by atoms with Crippen LogP contribution >= 0.6 is 57.4 Å². The van der Waals surface area contributed by atoms with Crippen molar-refractivity contribution in [1.29, 1.82) is 0 Å². The van der Waals surface area contributed by atoms with Crippen molar-refractivity contribution in [3.63, 3.8) is 0 Å². The number of nitrogens with zero attached hydrogens (tertiary/aromatic N) is 1. The summed E-state index contributed by atoms with van der Waals surface area (Å²) < 4.78 is 14.4. The average molecular weight is 402 g/mol. The van der Waals surface area contributed by atoms with Crippen LogP contribution < -0.4 is 0 Å². The predicted octanol–water partition coefficient (Wildman–Crippen LogP) is 5.45. The first-order valence-electron chi connectivity index (χ1n) is 4.45. The third-order valence-corrected chi connectivity index (χ3v) is 3.70. The van der Waals surface area contributed by atoms with Gasteiger partial charge in [0.2, 0.25) is 5.95 Å². The summed E-state index contributed by atoms with van der Waals surface area (Å²) in [5, 5.41) is 0.943. The number of aromatic nitrogens is 1. The molecule has 0 atom stereocenters. The molecule has 6 heteroatoms. The highest BCUT2D eigenvalue weighted by Gasteiger charge is 2.14. The number of pyridine rings is 1. The van der Waals surface area contributed by atoms with Crippen molar-refractivity contribution in [2.75, 3.05) is 0 Å². The van der Waals surface area contributed by atoms with Crippen LogP contribution in [0, 0.1) is 9.52 Å². The summed E-state index contributed by atoms with van der Waals surface area (Å²) in [5.41, 5.74) is 0.721. The van der Waals surface area contributed by atoms with Crippen molar-refractivity contribution in [2.24, 2.45) is 0 Å². The van der Waals surface area contributed by atoms with E-state index in [9.17, 15) is 4.39 Å². The zero-order valence-electron chi connectivity index (χ0n) is 8.15. The van der Waals surface area contributed by atoms with Crippen LogP contribution in [0.15, 0.2) is 24.4 Å². The third kappa shape index (κ3) is 2.84. The van der Waals surface area contributed by atoms with Gasteiger partial charge in [0.05, 0.1) is 10.0 Å². The molecule has 0 fully saturated rings. The molecule has 1 heterocycles. The largest absolute Gasteiger partial charge is 0.227 e. The molecular weight excluding hydrogens is 398 g/mol. The molecule has 2 rings (SSSR count). The molecule has 0 radical (unpaired) electrons. The summed E-state index contributed by atoms with van der Waals surface area (Å²) in [5.74, 6) is -0.606. The molecule has 2 aromatic rings. The minimum absolute atomic E-state index is 0.263. The minimum Gasteiger partial charge on any atom is -0.227 e. The Kier molecular flexibility index (Phi) is 4.13. The molecule has 0 unspecified atom stereocenters. The fourth-order valence-corrected chi connectivity index (χ4v) is 2.52. The van der Waals surface area contributed by atoms with Crippen molar-refractivity contribution in [3.05, 3.63) is 49.0 Å². The van der Waals surface area contributed by atoms with E-state index in [0.29, 0.717) is 10.6 Å². The molecule has 0 N–H and O–H groups in total. The van der Waals surface area contributed by atoms with Crippen LogP contribution in [0.5, 0.6) is 0 Å². The maximum absolute atomic E-state index is 13.6. The Bertz CT molecular complexity index is 589. The van der Waals surface area contributed by atoms with Gasteiger partial charge in [-0.25, -0.2) is 4.98 Å². The second-order valence-electron chi connectivity index (χ2n) is 3.24. The quantitative estimate of drug-likeness (QED) is 0.351. The van der Waals surface area contributed by atoms with Crippen molar-refractivity contribution < 1.29 is 4.39 Å². The van der Waals surface area contributed by atoms with Crippen molar-refractivity contribution in [2.45, 2.75) is 0 Å². The van der Waals surface area contributed by atoms with Crippen LogP contribution in [-0.2, 0) is 0 Å². The first kappa shape index (κ1) is 13.3. The normalized spacial score (nSPS) is 10.6. The SMILES string of the molecule is Fc1ncc(I)cc1-c1cc(Cl)cc(Cl)c1Cl. The molecule has 0 bridgehead atoms. The van der Waals surface area contributed by atoms with Gasteiger partial charge in [0.1, 0.15) is 0 Å². The van der Waals surface area contributed by atoms with Gasteiger partial charge in [0.25, 0.3) is 0 Å². The molecule has 1 aromatic heterocycles. The highest BCUT2D eigenvalue weighted by Crippen LogP contribution is 2.37. The lowest BCUT2D eigenvalue weighted by atomic mass is 10.1. The summed E-state index contributed by atoms with van der Waals surface area (Å²) in [7, 11) is 0. The maximum Gasteiger partial charge on any atom is 0.220 e. The molecule has 1 aromatic carbocycles. The number of hydrogen-bond donors (Lipinski definition) is 0. The molecule has 0 saturated heterocycles. The lowest BCUT2D eigenvalue weighted by Crippen LogP contribution is -1.91. The molecule has 0 saturated carbocycles. The van der Waals surface area contributed by atoms with Crippen LogP contribution in [0.25, 0.3) is 11.1 Å². The molecule has 0 aliphatic rings. The topological polar surface area (TPSA) is 12.9 Å². The summed E-state index contributed by atoms with van der Waals surface area (Å²) >= 11 is 19.9. The van der Waals surface area contributed by atoms with Crippen molar-refractivity contribution in [3.8, 4) is 11.1 Å². The average Bonchev–Trinajstić information content (AvgIpc) is 2.27. The fraction of sp³-hybridized carbons (Fsp3) is 0. The van der Waals surface area contributed by atoms with Crippen LogP contribution in [0.1, 0.15) is 0 Å². The molecule has 0 amide bonds. The van der Waals surface area contributed by atoms with Gasteiger partial charge in [-0.2, -0.15) is 4.39 Å². The first-order valence-corrected chi connectivity index (χ1v) is 6.66. The summed E-state index contributed by atoms with van der Waals surface area (Å²) in [4.78, 5) is 3.64. The summed E-state index contributed by atoms with van der Waals surface area (Å²) in [6.45, 7) is 0. The monoisotopic (exact) mass is 401 g/mol. The molecule has 0 spiro atoms. The van der Waals surface area contributed by atoms with Gasteiger partial charge in [0.15, 0.2) is 0 Å². The Hall–Kier alpha value is -0.100. The Morgan fingerprint density at radius 1 is 1.06 bits per heavy atom. The van der Waals surface area contributed by atoms with E-state index in [2.05, 4.69) is 4.98 Å². The lowest BCUT2D eigenvalue weighted by molar-refractivity contribution is 0.587. The van der Waals surface area contributed by atoms with E-state index >= 15 is 0 Å². The number of benzene rings is 1. The number of hydrogen-bond acceptors (Lipinski definition) is 1. The van der Waals surface area contributed by atoms with Crippen LogP contribution in [-0.4, -0.2) is 4.98 Å². The van der Waals surface area contributed by atoms with Gasteiger partial charge in [-0.1, -0.05) is 34.8 Å². The Balaban J connectivity index is 2.72. The second-order valence-corrected chi connectivity index (χ2v) is 5.71. The van der Waals surface area contributed by atoms with Crippen molar-refractivity contribution in [1.82, 2.24) is 4.98 Å². The Labute approximate surface area is 126 Å². The summed E-state index contributed by atoms with van der Waals surface area (Å²) in [6.07, 6.45) is 1.43. The Morgan fingerprint density at radius 3 is 2.47 bits per heavy atom. The Morgan fingerprint density at radius 2 is 1.76 bits per heavy atom. The van der Waals surface area contributed by atoms with Crippen LogP contribution in [0.4, 0.5) is 4.39 Å². The van der Waals surface area contributed by atoms with Gasteiger partial charge in [-0.15, -0.1) is 0 Å². The highest BCUT2D eigenvalue weighted by atomic mass is 127. The van der Waals surface area contributed by atoms with Crippen molar-refractivity contribution >= 4 is 57.4 Å². The predicted molar refractivity (Wildman–Crippen MR) is 77.4 cm³/mol. The van der Waals surface area contributed by atoms with E-state index in [4.69, 9.17) is 34.8 Å². The van der Waals surface area contributed by atoms with Crippen LogP contribution in [0.2, 0.25) is 15.1 Å². The maximum atomic E-state index is 13.6. The molecule has 0 aliphatic heterocycles. The summed E-state index contributed by atoms with van der Waals surface area (Å²) in [6, 6.07) is 4.71. The van der Waals surface area contributed by atoms with E-state index in [1.54, 1.807) is 12.1 Å². The van der Waals surface area contributed by atoms with E-state index in [-0.39, 0.29) is 15.6 Å². The molecule has 88 valence electrons. The molecule has 0 aliphatic carbocycles. The van der Waals surface area contributed by atoms with E-state index in [1.807, 2.05) is 22.6 Å². The van der Waals surface area contributed by atoms with E-state index < -0.39 is 5.95 Å². The molecule has 17 heavy (non-hydrogen) atoms. The van der Waals surface area contributed by atoms with Gasteiger partial charge < -0.3 is 0 Å².